The van der Waals surface area contributed by atoms with E-state index in [4.69, 9.17) is 10.0 Å². The second kappa shape index (κ2) is 21.0. The van der Waals surface area contributed by atoms with Crippen LogP contribution in [0.2, 0.25) is 0 Å². The van der Waals surface area contributed by atoms with E-state index in [-0.39, 0.29) is 19.8 Å². The van der Waals surface area contributed by atoms with Gasteiger partial charge in [-0.3, -0.25) is 0 Å². The molecule has 0 amide bonds. The van der Waals surface area contributed by atoms with Crippen molar-refractivity contribution in [3.05, 3.63) is 0 Å². The van der Waals surface area contributed by atoms with Crippen LogP contribution in [0.15, 0.2) is 0 Å². The molecule has 2 nitrogen and oxygen atoms in total. The number of hydrogen-bond acceptors (Lipinski definition) is 2. The third-order valence-electron chi connectivity index (χ3n) is 0. The SMILES string of the molecule is OBO.P.P. The molecule has 5 heavy (non-hydrogen) atoms. The summed E-state index contributed by atoms with van der Waals surface area (Å²) in [7, 11) is -0.750. The van der Waals surface area contributed by atoms with Crippen molar-refractivity contribution in [3.63, 3.8) is 0 Å². The molecule has 2 N–H and O–H groups in total. The molecule has 2 unspecified atom stereocenters. The summed E-state index contributed by atoms with van der Waals surface area (Å²) in [4.78, 5) is 0. The van der Waals surface area contributed by atoms with E-state index in [0.717, 1.165) is 0 Å². The van der Waals surface area contributed by atoms with Gasteiger partial charge in [-0.25, -0.2) is 0 Å². The van der Waals surface area contributed by atoms with Crippen molar-refractivity contribution >= 4 is 27.5 Å². The van der Waals surface area contributed by atoms with E-state index < -0.39 is 7.69 Å². The molecule has 0 rings (SSSR count). The number of rotatable bonds is 0. The Bertz CT molecular complexity index is 7.61. The summed E-state index contributed by atoms with van der Waals surface area (Å²) >= 11 is 0. The Morgan fingerprint density at radius 1 is 1.00 bits per heavy atom. The molecule has 0 bridgehead atoms. The summed E-state index contributed by atoms with van der Waals surface area (Å²) in [6, 6.07) is 0. The largest absolute Gasteiger partial charge is 0.432 e. The van der Waals surface area contributed by atoms with Gasteiger partial charge in [0.1, 0.15) is 0 Å². The molecule has 0 aliphatic heterocycles. The molecular weight excluding hydrogens is 105 g/mol. The molecule has 0 radical (unpaired) electrons. The van der Waals surface area contributed by atoms with Gasteiger partial charge in [-0.1, -0.05) is 0 Å². The molecule has 0 aromatic carbocycles. The maximum atomic E-state index is 7.12. The topological polar surface area (TPSA) is 40.5 Å². The van der Waals surface area contributed by atoms with Crippen molar-refractivity contribution < 1.29 is 10.0 Å². The van der Waals surface area contributed by atoms with Crippen LogP contribution in [-0.2, 0) is 0 Å². The van der Waals surface area contributed by atoms with Crippen molar-refractivity contribution in [3.8, 4) is 0 Å². The standard InChI is InChI=1S/BH3O2.2H3P/c2-1-3;;/h1-3H;2*1H3. The normalized spacial score (nSPS) is 2.80. The van der Waals surface area contributed by atoms with Gasteiger partial charge in [0.2, 0.25) is 0 Å². The van der Waals surface area contributed by atoms with Crippen LogP contribution in [0.25, 0.3) is 0 Å². The van der Waals surface area contributed by atoms with Gasteiger partial charge in [0.25, 0.3) is 0 Å². The first kappa shape index (κ1) is 17.0. The third-order valence-corrected chi connectivity index (χ3v) is 0. The molecule has 0 saturated carbocycles. The van der Waals surface area contributed by atoms with Crippen molar-refractivity contribution in [1.29, 1.82) is 0 Å². The van der Waals surface area contributed by atoms with Crippen LogP contribution < -0.4 is 0 Å². The van der Waals surface area contributed by atoms with Gasteiger partial charge in [0, 0.05) is 0 Å². The molecule has 0 aliphatic carbocycles. The Morgan fingerprint density at radius 2 is 1.00 bits per heavy atom. The molecule has 0 spiro atoms. The van der Waals surface area contributed by atoms with Crippen LogP contribution in [0.1, 0.15) is 0 Å². The van der Waals surface area contributed by atoms with Gasteiger partial charge in [-0.2, -0.15) is 19.8 Å². The Labute approximate surface area is 38.5 Å². The maximum absolute atomic E-state index is 7.12. The molecule has 0 aromatic rings. The van der Waals surface area contributed by atoms with Gasteiger partial charge in [-0.15, -0.1) is 0 Å². The highest BCUT2D eigenvalue weighted by atomic mass is 31.0. The van der Waals surface area contributed by atoms with Crippen molar-refractivity contribution in [1.82, 2.24) is 0 Å². The fourth-order valence-electron chi connectivity index (χ4n) is 0. The zero-order chi connectivity index (χ0) is 2.71. The lowest BCUT2D eigenvalue weighted by Gasteiger charge is -1.48. The predicted molar refractivity (Wildman–Crippen MR) is 33.8 cm³/mol. The second-order valence-corrected chi connectivity index (χ2v) is 0.141. The zero-order valence-corrected chi connectivity index (χ0v) is 5.84. The van der Waals surface area contributed by atoms with Crippen LogP contribution in [0.5, 0.6) is 0 Å². The van der Waals surface area contributed by atoms with Gasteiger partial charge in [0.05, 0.1) is 0 Å². The Kier molecular flexibility index (Phi) is 71.3. The monoisotopic (exact) mass is 114 g/mol. The fourth-order valence-corrected chi connectivity index (χ4v) is 0. The first-order valence-electron chi connectivity index (χ1n) is 0.632. The lowest BCUT2D eigenvalue weighted by Crippen LogP contribution is -1.75. The first-order valence-corrected chi connectivity index (χ1v) is 0.632. The van der Waals surface area contributed by atoms with E-state index >= 15 is 0 Å². The highest BCUT2D eigenvalue weighted by Gasteiger charge is 1.48. The molecule has 0 heterocycles. The lowest BCUT2D eigenvalue weighted by molar-refractivity contribution is 0.448. The van der Waals surface area contributed by atoms with E-state index in [2.05, 4.69) is 0 Å². The Hall–Kier alpha value is 0.845. The molecule has 0 saturated heterocycles. The van der Waals surface area contributed by atoms with Gasteiger partial charge in [0.15, 0.2) is 0 Å². The maximum Gasteiger partial charge on any atom is 0.432 e. The average Bonchev–Trinajstić information content (AvgIpc) is 0.918. The van der Waals surface area contributed by atoms with Crippen molar-refractivity contribution in [2.75, 3.05) is 0 Å². The van der Waals surface area contributed by atoms with Gasteiger partial charge >= 0.3 is 7.69 Å². The molecular formula is H9BO2P2. The van der Waals surface area contributed by atoms with E-state index in [1.54, 1.807) is 0 Å². The highest BCUT2D eigenvalue weighted by Crippen LogP contribution is 1.08. The van der Waals surface area contributed by atoms with E-state index in [0.29, 0.717) is 0 Å². The average molecular weight is 114 g/mol. The van der Waals surface area contributed by atoms with E-state index in [1.807, 2.05) is 0 Å². The number of hydrogen-bond donors (Lipinski definition) is 2. The molecule has 0 aliphatic rings. The minimum atomic E-state index is -0.750. The molecule has 0 fully saturated rings. The van der Waals surface area contributed by atoms with Crippen LogP contribution >= 0.6 is 19.8 Å². The van der Waals surface area contributed by atoms with Crippen LogP contribution in [-0.4, -0.2) is 17.7 Å². The molecule has 0 aromatic heterocycles. The predicted octanol–water partition coefficient (Wildman–Crippen LogP) is -1.65. The quantitative estimate of drug-likeness (QED) is 0.292. The Morgan fingerprint density at radius 3 is 1.00 bits per heavy atom. The second-order valence-electron chi connectivity index (χ2n) is 0.141. The van der Waals surface area contributed by atoms with Crippen molar-refractivity contribution in [2.45, 2.75) is 0 Å². The summed E-state index contributed by atoms with van der Waals surface area (Å²) < 4.78 is 0. The smallest absolute Gasteiger partial charge is 0.430 e. The molecule has 5 heteroatoms. The minimum Gasteiger partial charge on any atom is -0.430 e. The Balaban J connectivity index is -0.0000000200. The van der Waals surface area contributed by atoms with E-state index in [1.165, 1.54) is 0 Å². The summed E-state index contributed by atoms with van der Waals surface area (Å²) in [5, 5.41) is 14.2. The van der Waals surface area contributed by atoms with E-state index in [9.17, 15) is 0 Å². The van der Waals surface area contributed by atoms with Crippen LogP contribution in [0, 0.1) is 0 Å². The van der Waals surface area contributed by atoms with Gasteiger partial charge in [-0.05, 0) is 0 Å². The summed E-state index contributed by atoms with van der Waals surface area (Å²) in [5.41, 5.74) is 0. The first-order chi connectivity index (χ1) is 1.41. The fraction of sp³-hybridized carbons (Fsp3) is 0. The van der Waals surface area contributed by atoms with Crippen LogP contribution in [0.4, 0.5) is 0 Å². The lowest BCUT2D eigenvalue weighted by atomic mass is 10.5. The zero-order valence-electron chi connectivity index (χ0n) is 3.02. The summed E-state index contributed by atoms with van der Waals surface area (Å²) in [5.74, 6) is 0. The molecule has 34 valence electrons. The highest BCUT2D eigenvalue weighted by molar-refractivity contribution is 6.92. The molecule has 2 atom stereocenters. The van der Waals surface area contributed by atoms with Gasteiger partial charge < -0.3 is 10.0 Å². The third kappa shape index (κ3) is 54.9. The van der Waals surface area contributed by atoms with Crippen molar-refractivity contribution in [2.24, 2.45) is 0 Å². The minimum absolute atomic E-state index is 0. The van der Waals surface area contributed by atoms with Crippen LogP contribution in [0.3, 0.4) is 0 Å². The summed E-state index contributed by atoms with van der Waals surface area (Å²) in [6.07, 6.45) is 0. The summed E-state index contributed by atoms with van der Waals surface area (Å²) in [6.45, 7) is 0.